The molecule has 1 aliphatic heterocycles. The summed E-state index contributed by atoms with van der Waals surface area (Å²) in [6.45, 7) is 0.370. The second-order valence-corrected chi connectivity index (χ2v) is 10.9. The maximum Gasteiger partial charge on any atom is 0.266 e. The van der Waals surface area contributed by atoms with E-state index in [0.29, 0.717) is 21.7 Å². The standard InChI is InChI=1S/C26H23ClFN3O5S/c27-18-6-9-23-22(13-18)25(24(30-23)26(29)32)37(33,34)31-10-11-35-21(14-31)15-36-20-3-1-2-17(12-20)16-4-7-19(28)8-5-16/h1-9,12-13,21,30H,10-11,14-15H2,(H2,29,32). The van der Waals surface area contributed by atoms with E-state index < -0.39 is 22.0 Å². The highest BCUT2D eigenvalue weighted by atomic mass is 35.5. The Morgan fingerprint density at radius 2 is 1.92 bits per heavy atom. The lowest BCUT2D eigenvalue weighted by molar-refractivity contribution is -0.0249. The molecule has 8 nitrogen and oxygen atoms in total. The fourth-order valence-electron chi connectivity index (χ4n) is 4.32. The first kappa shape index (κ1) is 25.2. The van der Waals surface area contributed by atoms with Crippen LogP contribution in [0.3, 0.4) is 0 Å². The van der Waals surface area contributed by atoms with Gasteiger partial charge in [-0.2, -0.15) is 4.31 Å². The lowest BCUT2D eigenvalue weighted by Gasteiger charge is -2.32. The van der Waals surface area contributed by atoms with Gasteiger partial charge in [-0.05, 0) is 53.6 Å². The van der Waals surface area contributed by atoms with Crippen molar-refractivity contribution in [2.45, 2.75) is 11.0 Å². The third-order valence-corrected chi connectivity index (χ3v) is 8.29. The van der Waals surface area contributed by atoms with Gasteiger partial charge in [0.25, 0.3) is 5.91 Å². The number of rotatable bonds is 7. The highest BCUT2D eigenvalue weighted by Crippen LogP contribution is 2.32. The number of fused-ring (bicyclic) bond motifs is 1. The van der Waals surface area contributed by atoms with Gasteiger partial charge in [-0.25, -0.2) is 12.8 Å². The fourth-order valence-corrected chi connectivity index (χ4v) is 6.28. The Labute approximate surface area is 217 Å². The predicted molar refractivity (Wildman–Crippen MR) is 138 cm³/mol. The quantitative estimate of drug-likeness (QED) is 0.363. The minimum atomic E-state index is -4.12. The molecule has 192 valence electrons. The van der Waals surface area contributed by atoms with Crippen molar-refractivity contribution in [3.8, 4) is 16.9 Å². The molecule has 1 saturated heterocycles. The molecule has 1 aromatic heterocycles. The molecule has 2 heterocycles. The monoisotopic (exact) mass is 543 g/mol. The van der Waals surface area contributed by atoms with E-state index in [2.05, 4.69) is 4.98 Å². The zero-order valence-corrected chi connectivity index (χ0v) is 21.1. The molecule has 3 aromatic carbocycles. The number of carbonyl (C=O) groups is 1. The van der Waals surface area contributed by atoms with Crippen LogP contribution in [0.5, 0.6) is 5.75 Å². The summed E-state index contributed by atoms with van der Waals surface area (Å²) in [6, 6.07) is 18.1. The summed E-state index contributed by atoms with van der Waals surface area (Å²) in [7, 11) is -4.12. The number of nitrogens with two attached hydrogens (primary N) is 1. The topological polar surface area (TPSA) is 115 Å². The number of primary amides is 1. The van der Waals surface area contributed by atoms with Gasteiger partial charge in [0.15, 0.2) is 0 Å². The molecule has 5 rings (SSSR count). The molecule has 0 saturated carbocycles. The zero-order valence-electron chi connectivity index (χ0n) is 19.5. The largest absolute Gasteiger partial charge is 0.491 e. The summed E-state index contributed by atoms with van der Waals surface area (Å²) in [5.74, 6) is -0.642. The molecule has 3 N–H and O–H groups in total. The Morgan fingerprint density at radius 3 is 2.68 bits per heavy atom. The van der Waals surface area contributed by atoms with Gasteiger partial charge in [-0.3, -0.25) is 4.79 Å². The molecule has 0 aliphatic carbocycles. The van der Waals surface area contributed by atoms with Crippen LogP contribution in [0.15, 0.2) is 71.6 Å². The lowest BCUT2D eigenvalue weighted by atomic mass is 10.1. The van der Waals surface area contributed by atoms with E-state index in [1.165, 1.54) is 22.5 Å². The van der Waals surface area contributed by atoms with Crippen LogP contribution in [0.4, 0.5) is 4.39 Å². The lowest BCUT2D eigenvalue weighted by Crippen LogP contribution is -2.47. The van der Waals surface area contributed by atoms with E-state index >= 15 is 0 Å². The molecule has 37 heavy (non-hydrogen) atoms. The fraction of sp³-hybridized carbons (Fsp3) is 0.192. The predicted octanol–water partition coefficient (Wildman–Crippen LogP) is 4.19. The van der Waals surface area contributed by atoms with Crippen LogP contribution < -0.4 is 10.5 Å². The van der Waals surface area contributed by atoms with Crippen molar-refractivity contribution in [3.05, 3.63) is 83.3 Å². The van der Waals surface area contributed by atoms with E-state index in [9.17, 15) is 17.6 Å². The second-order valence-electron chi connectivity index (χ2n) is 8.58. The molecule has 1 atom stereocenters. The second kappa shape index (κ2) is 10.1. The molecule has 1 aliphatic rings. The van der Waals surface area contributed by atoms with Gasteiger partial charge in [0.1, 0.15) is 34.9 Å². The van der Waals surface area contributed by atoms with Gasteiger partial charge >= 0.3 is 0 Å². The first-order chi connectivity index (χ1) is 17.7. The van der Waals surface area contributed by atoms with E-state index in [4.69, 9.17) is 26.8 Å². The van der Waals surface area contributed by atoms with Crippen molar-refractivity contribution < 1.29 is 27.1 Å². The van der Waals surface area contributed by atoms with Crippen LogP contribution in [0.25, 0.3) is 22.0 Å². The normalized spacial score (nSPS) is 16.6. The average molecular weight is 544 g/mol. The SMILES string of the molecule is NC(=O)c1[nH]c2ccc(Cl)cc2c1S(=O)(=O)N1CCOC(COc2cccc(-c3ccc(F)cc3)c2)C1. The van der Waals surface area contributed by atoms with Crippen LogP contribution >= 0.6 is 11.6 Å². The first-order valence-corrected chi connectivity index (χ1v) is 13.3. The molecule has 4 aromatic rings. The zero-order chi connectivity index (χ0) is 26.2. The molecule has 11 heteroatoms. The molecule has 1 unspecified atom stereocenters. The number of aromatic amines is 1. The maximum atomic E-state index is 13.7. The number of hydrogen-bond acceptors (Lipinski definition) is 5. The van der Waals surface area contributed by atoms with Gasteiger partial charge in [0, 0.05) is 29.0 Å². The number of aromatic nitrogens is 1. The number of hydrogen-bond donors (Lipinski definition) is 2. The van der Waals surface area contributed by atoms with Crippen LogP contribution in [0.2, 0.25) is 5.02 Å². The number of nitrogens with zero attached hydrogens (tertiary/aromatic N) is 1. The minimum Gasteiger partial charge on any atom is -0.491 e. The summed E-state index contributed by atoms with van der Waals surface area (Å²) in [5.41, 5.74) is 7.42. The van der Waals surface area contributed by atoms with Crippen LogP contribution in [-0.2, 0) is 14.8 Å². The van der Waals surface area contributed by atoms with Gasteiger partial charge in [0.2, 0.25) is 10.0 Å². The third-order valence-electron chi connectivity index (χ3n) is 6.11. The maximum absolute atomic E-state index is 13.7. The Bertz CT molecular complexity index is 1570. The number of benzene rings is 3. The van der Waals surface area contributed by atoms with Crippen molar-refractivity contribution in [1.29, 1.82) is 0 Å². The Kier molecular flexibility index (Phi) is 6.91. The van der Waals surface area contributed by atoms with Crippen molar-refractivity contribution in [2.75, 3.05) is 26.3 Å². The van der Waals surface area contributed by atoms with Crippen molar-refractivity contribution in [3.63, 3.8) is 0 Å². The number of halogens is 2. The summed E-state index contributed by atoms with van der Waals surface area (Å²) >= 11 is 6.10. The number of morpholine rings is 1. The molecule has 1 amide bonds. The molecule has 0 radical (unpaired) electrons. The molecule has 0 spiro atoms. The van der Waals surface area contributed by atoms with Crippen LogP contribution in [-0.4, -0.2) is 56.0 Å². The summed E-state index contributed by atoms with van der Waals surface area (Å²) in [4.78, 5) is 14.7. The number of sulfonamides is 1. The van der Waals surface area contributed by atoms with E-state index in [0.717, 1.165) is 11.1 Å². The molecular formula is C26H23ClFN3O5S. The Hall–Kier alpha value is -3.44. The van der Waals surface area contributed by atoms with Gasteiger partial charge in [0.05, 0.1) is 6.61 Å². The van der Waals surface area contributed by atoms with Gasteiger partial charge in [-0.1, -0.05) is 35.9 Å². The summed E-state index contributed by atoms with van der Waals surface area (Å²) in [5, 5.41) is 0.619. The summed E-state index contributed by atoms with van der Waals surface area (Å²) in [6.07, 6.45) is -0.552. The average Bonchev–Trinajstić information content (AvgIpc) is 3.28. The highest BCUT2D eigenvalue weighted by molar-refractivity contribution is 7.89. The third kappa shape index (κ3) is 5.19. The van der Waals surface area contributed by atoms with Crippen molar-refractivity contribution in [2.24, 2.45) is 5.73 Å². The van der Waals surface area contributed by atoms with E-state index in [1.54, 1.807) is 30.3 Å². The number of carbonyl (C=O) groups excluding carboxylic acids is 1. The number of H-pyrrole nitrogens is 1. The van der Waals surface area contributed by atoms with Gasteiger partial charge in [-0.15, -0.1) is 0 Å². The molecular weight excluding hydrogens is 521 g/mol. The first-order valence-electron chi connectivity index (χ1n) is 11.4. The van der Waals surface area contributed by atoms with Gasteiger partial charge < -0.3 is 20.2 Å². The number of amides is 1. The number of nitrogens with one attached hydrogen (secondary N) is 1. The van der Waals surface area contributed by atoms with Crippen LogP contribution in [0.1, 0.15) is 10.5 Å². The molecule has 0 bridgehead atoms. The van der Waals surface area contributed by atoms with Crippen molar-refractivity contribution >= 4 is 38.4 Å². The summed E-state index contributed by atoms with van der Waals surface area (Å²) < 4.78 is 53.5. The highest BCUT2D eigenvalue weighted by Gasteiger charge is 2.36. The molecule has 1 fully saturated rings. The Balaban J connectivity index is 1.34. The van der Waals surface area contributed by atoms with E-state index in [1.807, 2.05) is 18.2 Å². The number of ether oxygens (including phenoxy) is 2. The minimum absolute atomic E-state index is 0.0193. The smallest absolute Gasteiger partial charge is 0.266 e. The van der Waals surface area contributed by atoms with E-state index in [-0.39, 0.29) is 42.7 Å². The van der Waals surface area contributed by atoms with Crippen molar-refractivity contribution in [1.82, 2.24) is 9.29 Å². The Morgan fingerprint density at radius 1 is 1.14 bits per heavy atom. The van der Waals surface area contributed by atoms with Crippen LogP contribution in [0, 0.1) is 5.82 Å².